The number of ether oxygens (including phenoxy) is 1. The van der Waals surface area contributed by atoms with Gasteiger partial charge >= 0.3 is 0 Å². The van der Waals surface area contributed by atoms with Crippen LogP contribution in [0.25, 0.3) is 6.08 Å². The molecule has 1 heterocycles. The van der Waals surface area contributed by atoms with Gasteiger partial charge in [-0.25, -0.2) is 0 Å². The van der Waals surface area contributed by atoms with E-state index in [4.69, 9.17) is 27.9 Å². The van der Waals surface area contributed by atoms with Crippen molar-refractivity contribution in [2.45, 2.75) is 13.0 Å². The maximum Gasteiger partial charge on any atom is 0.246 e. The minimum absolute atomic E-state index is 0.0128. The van der Waals surface area contributed by atoms with Crippen LogP contribution in [0.3, 0.4) is 0 Å². The molecule has 1 aromatic rings. The van der Waals surface area contributed by atoms with Crippen LogP contribution in [0.15, 0.2) is 24.3 Å². The molecule has 1 unspecified atom stereocenters. The van der Waals surface area contributed by atoms with Gasteiger partial charge in [-0.3, -0.25) is 4.79 Å². The minimum atomic E-state index is -0.0128. The lowest BCUT2D eigenvalue weighted by atomic mass is 10.2. The molecule has 0 bridgehead atoms. The smallest absolute Gasteiger partial charge is 0.246 e. The molecule has 0 N–H and O–H groups in total. The fourth-order valence-electron chi connectivity index (χ4n) is 1.91. The summed E-state index contributed by atoms with van der Waals surface area (Å²) in [4.78, 5) is 13.8. The van der Waals surface area contributed by atoms with Crippen LogP contribution >= 0.6 is 23.2 Å². The molecular weight excluding hydrogens is 285 g/mol. The van der Waals surface area contributed by atoms with Gasteiger partial charge in [-0.05, 0) is 30.7 Å². The standard InChI is InChI=1S/C14H15Cl2NO2/c1-10-9-17(6-7-19-10)14(18)5-3-11-2-4-12(15)13(16)8-11/h2-5,8,10H,6-7,9H2,1H3/b5-3+. The molecule has 1 aliphatic rings. The summed E-state index contributed by atoms with van der Waals surface area (Å²) in [6.45, 7) is 3.81. The number of carbonyl (C=O) groups is 1. The molecule has 1 amide bonds. The van der Waals surface area contributed by atoms with Crippen molar-refractivity contribution in [3.8, 4) is 0 Å². The van der Waals surface area contributed by atoms with Gasteiger partial charge in [-0.2, -0.15) is 0 Å². The Morgan fingerprint density at radius 1 is 1.42 bits per heavy atom. The molecule has 0 aromatic heterocycles. The van der Waals surface area contributed by atoms with Gasteiger partial charge in [0, 0.05) is 19.2 Å². The quantitative estimate of drug-likeness (QED) is 0.785. The number of halogens is 2. The molecule has 1 saturated heterocycles. The van der Waals surface area contributed by atoms with E-state index in [2.05, 4.69) is 0 Å². The Morgan fingerprint density at radius 3 is 2.89 bits per heavy atom. The molecule has 1 aromatic carbocycles. The molecule has 5 heteroatoms. The van der Waals surface area contributed by atoms with Gasteiger partial charge in [0.15, 0.2) is 0 Å². The first-order valence-corrected chi connectivity index (χ1v) is 6.85. The lowest BCUT2D eigenvalue weighted by Gasteiger charge is -2.30. The summed E-state index contributed by atoms with van der Waals surface area (Å²) in [7, 11) is 0. The van der Waals surface area contributed by atoms with Gasteiger partial charge in [0.1, 0.15) is 0 Å². The maximum absolute atomic E-state index is 12.0. The van der Waals surface area contributed by atoms with Gasteiger partial charge in [0.2, 0.25) is 5.91 Å². The third-order valence-electron chi connectivity index (χ3n) is 2.91. The maximum atomic E-state index is 12.0. The summed E-state index contributed by atoms with van der Waals surface area (Å²) >= 11 is 11.8. The molecule has 0 aliphatic carbocycles. The third-order valence-corrected chi connectivity index (χ3v) is 3.65. The van der Waals surface area contributed by atoms with Gasteiger partial charge in [0.25, 0.3) is 0 Å². The molecule has 1 atom stereocenters. The first kappa shape index (κ1) is 14.4. The third kappa shape index (κ3) is 3.96. The van der Waals surface area contributed by atoms with Crippen LogP contribution in [-0.4, -0.2) is 36.6 Å². The van der Waals surface area contributed by atoms with Crippen molar-refractivity contribution in [1.82, 2.24) is 4.90 Å². The highest BCUT2D eigenvalue weighted by molar-refractivity contribution is 6.42. The summed E-state index contributed by atoms with van der Waals surface area (Å²) in [5.74, 6) is -0.0128. The van der Waals surface area contributed by atoms with Gasteiger partial charge < -0.3 is 9.64 Å². The number of benzene rings is 1. The summed E-state index contributed by atoms with van der Waals surface area (Å²) in [6, 6.07) is 5.26. The van der Waals surface area contributed by atoms with E-state index in [0.29, 0.717) is 29.7 Å². The summed E-state index contributed by atoms with van der Waals surface area (Å²) < 4.78 is 5.40. The van der Waals surface area contributed by atoms with Crippen LogP contribution in [0, 0.1) is 0 Å². The highest BCUT2D eigenvalue weighted by Crippen LogP contribution is 2.23. The normalized spacial score (nSPS) is 19.9. The van der Waals surface area contributed by atoms with E-state index in [0.717, 1.165) is 5.56 Å². The second-order valence-corrected chi connectivity index (χ2v) is 5.29. The number of hydrogen-bond donors (Lipinski definition) is 0. The highest BCUT2D eigenvalue weighted by Gasteiger charge is 2.19. The Balaban J connectivity index is 2.01. The van der Waals surface area contributed by atoms with Crippen LogP contribution in [-0.2, 0) is 9.53 Å². The van der Waals surface area contributed by atoms with Gasteiger partial charge in [0.05, 0.1) is 22.8 Å². The average molecular weight is 300 g/mol. The zero-order chi connectivity index (χ0) is 13.8. The Labute approximate surface area is 122 Å². The van der Waals surface area contributed by atoms with E-state index in [9.17, 15) is 4.79 Å². The molecule has 3 nitrogen and oxygen atoms in total. The summed E-state index contributed by atoms with van der Waals surface area (Å²) in [5.41, 5.74) is 0.851. The first-order chi connectivity index (χ1) is 9.06. The largest absolute Gasteiger partial charge is 0.375 e. The van der Waals surface area contributed by atoms with Crippen molar-refractivity contribution in [1.29, 1.82) is 0 Å². The predicted molar refractivity (Wildman–Crippen MR) is 77.5 cm³/mol. The lowest BCUT2D eigenvalue weighted by molar-refractivity contribution is -0.132. The van der Waals surface area contributed by atoms with E-state index in [-0.39, 0.29) is 12.0 Å². The molecule has 0 spiro atoms. The van der Waals surface area contributed by atoms with Gasteiger partial charge in [-0.1, -0.05) is 29.3 Å². The van der Waals surface area contributed by atoms with Crippen molar-refractivity contribution < 1.29 is 9.53 Å². The van der Waals surface area contributed by atoms with Crippen molar-refractivity contribution in [3.63, 3.8) is 0 Å². The van der Waals surface area contributed by atoms with Crippen LogP contribution in [0.4, 0.5) is 0 Å². The molecule has 2 rings (SSSR count). The molecule has 0 saturated carbocycles. The molecule has 19 heavy (non-hydrogen) atoms. The van der Waals surface area contributed by atoms with Crippen LogP contribution < -0.4 is 0 Å². The Bertz CT molecular complexity index is 502. The number of carbonyl (C=O) groups excluding carboxylic acids is 1. The predicted octanol–water partition coefficient (Wildman–Crippen LogP) is 3.25. The van der Waals surface area contributed by atoms with Crippen molar-refractivity contribution in [2.24, 2.45) is 0 Å². The number of nitrogens with zero attached hydrogens (tertiary/aromatic N) is 1. The Hall–Kier alpha value is -1.03. The van der Waals surface area contributed by atoms with E-state index >= 15 is 0 Å². The molecule has 1 aliphatic heterocycles. The van der Waals surface area contributed by atoms with Crippen molar-refractivity contribution in [3.05, 3.63) is 39.9 Å². The van der Waals surface area contributed by atoms with E-state index < -0.39 is 0 Å². The minimum Gasteiger partial charge on any atom is -0.375 e. The average Bonchev–Trinajstić information content (AvgIpc) is 2.40. The zero-order valence-corrected chi connectivity index (χ0v) is 12.1. The summed E-state index contributed by atoms with van der Waals surface area (Å²) in [6.07, 6.45) is 3.39. The SMILES string of the molecule is CC1CN(C(=O)/C=C/c2ccc(Cl)c(Cl)c2)CCO1. The van der Waals surface area contributed by atoms with Crippen LogP contribution in [0.2, 0.25) is 10.0 Å². The molecule has 102 valence electrons. The number of amides is 1. The number of hydrogen-bond acceptors (Lipinski definition) is 2. The second kappa shape index (κ2) is 6.42. The van der Waals surface area contributed by atoms with E-state index in [1.54, 1.807) is 29.2 Å². The lowest BCUT2D eigenvalue weighted by Crippen LogP contribution is -2.43. The zero-order valence-electron chi connectivity index (χ0n) is 10.6. The monoisotopic (exact) mass is 299 g/mol. The van der Waals surface area contributed by atoms with Crippen molar-refractivity contribution in [2.75, 3.05) is 19.7 Å². The van der Waals surface area contributed by atoms with Crippen LogP contribution in [0.1, 0.15) is 12.5 Å². The molecule has 1 fully saturated rings. The van der Waals surface area contributed by atoms with Crippen molar-refractivity contribution >= 4 is 35.2 Å². The Kier molecular flexibility index (Phi) is 4.86. The fourth-order valence-corrected chi connectivity index (χ4v) is 2.21. The topological polar surface area (TPSA) is 29.5 Å². The van der Waals surface area contributed by atoms with Gasteiger partial charge in [-0.15, -0.1) is 0 Å². The first-order valence-electron chi connectivity index (χ1n) is 6.10. The summed E-state index contributed by atoms with van der Waals surface area (Å²) in [5, 5.41) is 0.989. The highest BCUT2D eigenvalue weighted by atomic mass is 35.5. The second-order valence-electron chi connectivity index (χ2n) is 4.47. The number of rotatable bonds is 2. The number of morpholine rings is 1. The fraction of sp³-hybridized carbons (Fsp3) is 0.357. The molecule has 0 radical (unpaired) electrons. The van der Waals surface area contributed by atoms with E-state index in [1.165, 1.54) is 0 Å². The molecular formula is C14H15Cl2NO2. The van der Waals surface area contributed by atoms with E-state index in [1.807, 2.05) is 13.0 Å². The van der Waals surface area contributed by atoms with Crippen LogP contribution in [0.5, 0.6) is 0 Å². The Morgan fingerprint density at radius 2 is 2.21 bits per heavy atom.